The molecule has 4 N–H and O–H groups in total. The highest BCUT2D eigenvalue weighted by molar-refractivity contribution is 5.99. The number of hydrogen-bond acceptors (Lipinski definition) is 6. The average molecular weight is 651 g/mol. The summed E-state index contributed by atoms with van der Waals surface area (Å²) in [6, 6.07) is 31.8. The van der Waals surface area contributed by atoms with E-state index < -0.39 is 59.5 Å². The maximum atomic E-state index is 13.7. The first-order valence-electron chi connectivity index (χ1n) is 15.9. The smallest absolute Gasteiger partial charge is 0.308 e. The molecule has 0 radical (unpaired) electrons. The molecule has 48 heavy (non-hydrogen) atoms. The van der Waals surface area contributed by atoms with Crippen LogP contribution in [0.25, 0.3) is 0 Å². The highest BCUT2D eigenvalue weighted by Gasteiger charge is 2.63. The Morgan fingerprint density at radius 3 is 1.12 bits per heavy atom. The van der Waals surface area contributed by atoms with E-state index in [0.29, 0.717) is 35.8 Å². The van der Waals surface area contributed by atoms with Gasteiger partial charge in [0.15, 0.2) is 0 Å². The molecule has 0 unspecified atom stereocenters. The molecule has 248 valence electrons. The standard InChI is InChI=1S/C38H38N2O8/c1-3-29(23-15-19-27(20-16-23)47-25-11-7-5-8-12-25)39-35(41)31-32(34(38(45)46)33(31)37(43)44)36(42)40-30(4-2)24-17-21-28(22-18-24)48-26-13-9-6-10-14-26/h5-22,29-34H,3-4H2,1-2H3,(H,39,41)(H,40,42)(H,43,44)(H,45,46)/t29-,30-,31-,32-,33-,34-/m1/s1. The average Bonchev–Trinajstić information content (AvgIpc) is 3.07. The summed E-state index contributed by atoms with van der Waals surface area (Å²) in [4.78, 5) is 51.9. The molecule has 0 aromatic heterocycles. The number of ether oxygens (including phenoxy) is 2. The number of hydrogen-bond donors (Lipinski definition) is 4. The first kappa shape index (κ1) is 33.7. The normalized spacial score (nSPS) is 19.5. The lowest BCUT2D eigenvalue weighted by molar-refractivity contribution is -0.182. The fraction of sp³-hybridized carbons (Fsp3) is 0.263. The van der Waals surface area contributed by atoms with E-state index in [4.69, 9.17) is 9.47 Å². The Balaban J connectivity index is 1.30. The van der Waals surface area contributed by atoms with Crippen molar-refractivity contribution in [3.63, 3.8) is 0 Å². The van der Waals surface area contributed by atoms with Crippen molar-refractivity contribution in [3.8, 4) is 23.0 Å². The molecule has 6 atom stereocenters. The Labute approximate surface area is 278 Å². The van der Waals surface area contributed by atoms with Crippen LogP contribution in [0.15, 0.2) is 109 Å². The van der Waals surface area contributed by atoms with Crippen LogP contribution < -0.4 is 20.1 Å². The Morgan fingerprint density at radius 1 is 0.521 bits per heavy atom. The van der Waals surface area contributed by atoms with Gasteiger partial charge >= 0.3 is 11.9 Å². The maximum absolute atomic E-state index is 13.7. The van der Waals surface area contributed by atoms with Crippen LogP contribution in [0.5, 0.6) is 23.0 Å². The summed E-state index contributed by atoms with van der Waals surface area (Å²) in [6.07, 6.45) is 0.937. The topological polar surface area (TPSA) is 151 Å². The van der Waals surface area contributed by atoms with Gasteiger partial charge in [-0.15, -0.1) is 0 Å². The molecule has 0 saturated heterocycles. The van der Waals surface area contributed by atoms with E-state index in [1.165, 1.54) is 0 Å². The van der Waals surface area contributed by atoms with Gasteiger partial charge in [0.05, 0.1) is 35.8 Å². The van der Waals surface area contributed by atoms with Crippen LogP contribution in [-0.2, 0) is 19.2 Å². The molecule has 1 aliphatic rings. The first-order chi connectivity index (χ1) is 23.2. The summed E-state index contributed by atoms with van der Waals surface area (Å²) >= 11 is 0. The summed E-state index contributed by atoms with van der Waals surface area (Å²) in [5.41, 5.74) is 1.50. The largest absolute Gasteiger partial charge is 0.481 e. The second-order valence-electron chi connectivity index (χ2n) is 11.7. The number of carbonyl (C=O) groups is 4. The Bertz CT molecular complexity index is 1580. The predicted octanol–water partition coefficient (Wildman–Crippen LogP) is 6.75. The molecule has 4 aromatic rings. The van der Waals surface area contributed by atoms with Gasteiger partial charge in [-0.25, -0.2) is 0 Å². The van der Waals surface area contributed by atoms with Gasteiger partial charge in [-0.2, -0.15) is 0 Å². The molecule has 4 aromatic carbocycles. The first-order valence-corrected chi connectivity index (χ1v) is 15.9. The van der Waals surface area contributed by atoms with Gasteiger partial charge in [-0.3, -0.25) is 19.2 Å². The van der Waals surface area contributed by atoms with Gasteiger partial charge in [-0.1, -0.05) is 74.5 Å². The van der Waals surface area contributed by atoms with E-state index in [-0.39, 0.29) is 0 Å². The molecule has 0 bridgehead atoms. The third-order valence-electron chi connectivity index (χ3n) is 8.70. The van der Waals surface area contributed by atoms with Gasteiger partial charge < -0.3 is 30.3 Å². The summed E-state index contributed by atoms with van der Waals surface area (Å²) in [7, 11) is 0. The van der Waals surface area contributed by atoms with Crippen molar-refractivity contribution in [3.05, 3.63) is 120 Å². The zero-order chi connectivity index (χ0) is 34.2. The summed E-state index contributed by atoms with van der Waals surface area (Å²) in [6.45, 7) is 3.72. The number of carboxylic acids is 2. The molecular formula is C38H38N2O8. The van der Waals surface area contributed by atoms with Crippen molar-refractivity contribution in [1.29, 1.82) is 0 Å². The predicted molar refractivity (Wildman–Crippen MR) is 177 cm³/mol. The third kappa shape index (κ3) is 7.66. The summed E-state index contributed by atoms with van der Waals surface area (Å²) in [5, 5.41) is 25.7. The number of para-hydroxylation sites is 2. The van der Waals surface area contributed by atoms with E-state index in [0.717, 1.165) is 11.1 Å². The highest BCUT2D eigenvalue weighted by Crippen LogP contribution is 2.48. The molecule has 5 rings (SSSR count). The zero-order valence-corrected chi connectivity index (χ0v) is 26.6. The number of carboxylic acid groups (broad SMARTS) is 2. The molecular weight excluding hydrogens is 612 g/mol. The Kier molecular flexibility index (Phi) is 10.7. The van der Waals surface area contributed by atoms with E-state index in [9.17, 15) is 29.4 Å². The van der Waals surface area contributed by atoms with Crippen LogP contribution in [0.4, 0.5) is 0 Å². The zero-order valence-electron chi connectivity index (χ0n) is 26.6. The maximum Gasteiger partial charge on any atom is 0.308 e. The third-order valence-corrected chi connectivity index (χ3v) is 8.70. The van der Waals surface area contributed by atoms with Crippen LogP contribution in [0.1, 0.15) is 49.9 Å². The van der Waals surface area contributed by atoms with Crippen LogP contribution >= 0.6 is 0 Å². The lowest BCUT2D eigenvalue weighted by Crippen LogP contribution is -2.64. The van der Waals surface area contributed by atoms with Crippen LogP contribution in [0.2, 0.25) is 0 Å². The SMILES string of the molecule is CC[C@@H](NC(=O)[C@H]1[C@@H](C(=O)O)[C@H](C(=O)O)[C@@H]1C(=O)N[C@H](CC)c1ccc(Oc2ccccc2)cc1)c1ccc(Oc2ccccc2)cc1. The van der Waals surface area contributed by atoms with Crippen molar-refractivity contribution in [2.45, 2.75) is 38.8 Å². The van der Waals surface area contributed by atoms with E-state index in [2.05, 4.69) is 10.6 Å². The Hall–Kier alpha value is -5.64. The van der Waals surface area contributed by atoms with E-state index >= 15 is 0 Å². The van der Waals surface area contributed by atoms with Gasteiger partial charge in [0, 0.05) is 0 Å². The van der Waals surface area contributed by atoms with Gasteiger partial charge in [0.25, 0.3) is 0 Å². The lowest BCUT2D eigenvalue weighted by atomic mass is 9.55. The molecule has 10 heteroatoms. The van der Waals surface area contributed by atoms with Crippen LogP contribution in [0.3, 0.4) is 0 Å². The monoisotopic (exact) mass is 650 g/mol. The molecule has 0 spiro atoms. The minimum atomic E-state index is -1.56. The van der Waals surface area contributed by atoms with Crippen molar-refractivity contribution < 1.29 is 38.9 Å². The fourth-order valence-electron chi connectivity index (χ4n) is 6.18. The molecule has 1 aliphatic carbocycles. The minimum Gasteiger partial charge on any atom is -0.481 e. The van der Waals surface area contributed by atoms with E-state index in [1.807, 2.05) is 74.5 Å². The molecule has 2 amide bonds. The second kappa shape index (κ2) is 15.3. The number of rotatable bonds is 14. The van der Waals surface area contributed by atoms with Crippen molar-refractivity contribution in [2.75, 3.05) is 0 Å². The summed E-state index contributed by atoms with van der Waals surface area (Å²) < 4.78 is 11.7. The second-order valence-corrected chi connectivity index (χ2v) is 11.7. The van der Waals surface area contributed by atoms with Crippen LogP contribution in [0, 0.1) is 23.7 Å². The van der Waals surface area contributed by atoms with Gasteiger partial charge in [0.1, 0.15) is 23.0 Å². The van der Waals surface area contributed by atoms with Gasteiger partial charge in [-0.05, 0) is 72.5 Å². The molecule has 1 saturated carbocycles. The van der Waals surface area contributed by atoms with E-state index in [1.54, 1.807) is 48.5 Å². The lowest BCUT2D eigenvalue weighted by Gasteiger charge is -2.46. The molecule has 0 aliphatic heterocycles. The molecule has 10 nitrogen and oxygen atoms in total. The number of aliphatic carboxylic acids is 2. The van der Waals surface area contributed by atoms with Crippen molar-refractivity contribution >= 4 is 23.8 Å². The molecule has 1 fully saturated rings. The number of amides is 2. The number of nitrogens with one attached hydrogen (secondary N) is 2. The molecule has 0 heterocycles. The minimum absolute atomic E-state index is 0.468. The quantitative estimate of drug-likeness (QED) is 0.117. The van der Waals surface area contributed by atoms with Gasteiger partial charge in [0.2, 0.25) is 11.8 Å². The Morgan fingerprint density at radius 2 is 0.833 bits per heavy atom. The number of benzene rings is 4. The van der Waals surface area contributed by atoms with Crippen molar-refractivity contribution in [1.82, 2.24) is 10.6 Å². The van der Waals surface area contributed by atoms with Crippen molar-refractivity contribution in [2.24, 2.45) is 23.7 Å². The number of carbonyl (C=O) groups excluding carboxylic acids is 2. The highest BCUT2D eigenvalue weighted by atomic mass is 16.5. The summed E-state index contributed by atoms with van der Waals surface area (Å²) in [5.74, 6) is -7.60. The van der Waals surface area contributed by atoms with Crippen LogP contribution in [-0.4, -0.2) is 34.0 Å². The fourth-order valence-corrected chi connectivity index (χ4v) is 6.18.